The monoisotopic (exact) mass is 272 g/mol. The lowest BCUT2D eigenvalue weighted by Crippen LogP contribution is -1.85. The highest BCUT2D eigenvalue weighted by atomic mass is 14.7. The number of hydrogen-bond acceptors (Lipinski definition) is 1. The maximum atomic E-state index is 4.80. The molecular weight excluding hydrogens is 256 g/mol. The quantitative estimate of drug-likeness (QED) is 0.519. The van der Waals surface area contributed by atoms with Crippen LogP contribution in [0.2, 0.25) is 0 Å². The molecule has 2 aromatic heterocycles. The van der Waals surface area contributed by atoms with E-state index in [4.69, 9.17) is 4.98 Å². The van der Waals surface area contributed by atoms with Gasteiger partial charge in [0.05, 0.1) is 11.2 Å². The number of hydrogen-bond donors (Lipinski definition) is 1. The molecular formula is C19H16N2. The zero-order chi connectivity index (χ0) is 14.4. The van der Waals surface area contributed by atoms with E-state index in [0.717, 1.165) is 11.2 Å². The van der Waals surface area contributed by atoms with Gasteiger partial charge in [-0.3, -0.25) is 0 Å². The fourth-order valence-electron chi connectivity index (χ4n) is 2.88. The Bertz CT molecular complexity index is 964. The minimum absolute atomic E-state index is 1.02. The van der Waals surface area contributed by atoms with Crippen molar-refractivity contribution in [3.63, 3.8) is 0 Å². The Morgan fingerprint density at radius 2 is 1.76 bits per heavy atom. The lowest BCUT2D eigenvalue weighted by Gasteiger charge is -2.04. The summed E-state index contributed by atoms with van der Waals surface area (Å²) in [6.07, 6.45) is 2.06. The van der Waals surface area contributed by atoms with Gasteiger partial charge in [-0.05, 0) is 37.1 Å². The van der Waals surface area contributed by atoms with Crippen molar-refractivity contribution in [1.29, 1.82) is 0 Å². The molecule has 1 N–H and O–H groups in total. The highest BCUT2D eigenvalue weighted by Gasteiger charge is 2.10. The topological polar surface area (TPSA) is 28.7 Å². The summed E-state index contributed by atoms with van der Waals surface area (Å²) >= 11 is 0. The summed E-state index contributed by atoms with van der Waals surface area (Å²) in [5, 5.41) is 2.41. The highest BCUT2D eigenvalue weighted by molar-refractivity contribution is 5.97. The summed E-state index contributed by atoms with van der Waals surface area (Å²) < 4.78 is 0. The third kappa shape index (κ3) is 1.83. The Kier molecular flexibility index (Phi) is 2.58. The lowest BCUT2D eigenvalue weighted by atomic mass is 10.0. The van der Waals surface area contributed by atoms with Gasteiger partial charge in [0.25, 0.3) is 0 Å². The molecule has 0 bridgehead atoms. The molecule has 0 radical (unpaired) electrons. The van der Waals surface area contributed by atoms with Gasteiger partial charge in [0.2, 0.25) is 0 Å². The van der Waals surface area contributed by atoms with Gasteiger partial charge in [0, 0.05) is 28.0 Å². The van der Waals surface area contributed by atoms with Crippen LogP contribution in [-0.4, -0.2) is 9.97 Å². The van der Waals surface area contributed by atoms with Crippen LogP contribution in [0.3, 0.4) is 0 Å². The van der Waals surface area contributed by atoms with Gasteiger partial charge < -0.3 is 4.98 Å². The van der Waals surface area contributed by atoms with Crippen molar-refractivity contribution in [3.05, 3.63) is 65.9 Å². The molecule has 0 atom stereocenters. The van der Waals surface area contributed by atoms with Crippen LogP contribution >= 0.6 is 0 Å². The molecule has 0 aliphatic carbocycles. The summed E-state index contributed by atoms with van der Waals surface area (Å²) in [5.41, 5.74) is 7.04. The van der Waals surface area contributed by atoms with Crippen molar-refractivity contribution < 1.29 is 0 Å². The van der Waals surface area contributed by atoms with Crippen LogP contribution in [-0.2, 0) is 0 Å². The van der Waals surface area contributed by atoms with E-state index in [1.54, 1.807) is 0 Å². The molecule has 4 aromatic rings. The SMILES string of the molecule is Cc1ccc2c(-c3ccc4ccccc4n3)c[nH]c2c1C. The molecule has 21 heavy (non-hydrogen) atoms. The van der Waals surface area contributed by atoms with Crippen LogP contribution < -0.4 is 0 Å². The number of benzene rings is 2. The predicted molar refractivity (Wildman–Crippen MR) is 88.5 cm³/mol. The van der Waals surface area contributed by atoms with E-state index in [-0.39, 0.29) is 0 Å². The molecule has 0 amide bonds. The smallest absolute Gasteiger partial charge is 0.0731 e. The number of rotatable bonds is 1. The number of nitrogens with zero attached hydrogens (tertiary/aromatic N) is 1. The third-order valence-electron chi connectivity index (χ3n) is 4.26. The molecule has 2 aromatic carbocycles. The second-order valence-corrected chi connectivity index (χ2v) is 5.52. The zero-order valence-electron chi connectivity index (χ0n) is 12.1. The van der Waals surface area contributed by atoms with Crippen molar-refractivity contribution in [1.82, 2.24) is 9.97 Å². The van der Waals surface area contributed by atoms with E-state index >= 15 is 0 Å². The molecule has 0 unspecified atom stereocenters. The van der Waals surface area contributed by atoms with Crippen LogP contribution in [0.5, 0.6) is 0 Å². The second kappa shape index (κ2) is 4.45. The van der Waals surface area contributed by atoms with Crippen LogP contribution in [0, 0.1) is 13.8 Å². The first-order valence-corrected chi connectivity index (χ1v) is 7.17. The Hall–Kier alpha value is -2.61. The first kappa shape index (κ1) is 12.2. The van der Waals surface area contributed by atoms with Crippen LogP contribution in [0.4, 0.5) is 0 Å². The van der Waals surface area contributed by atoms with E-state index in [1.165, 1.54) is 33.0 Å². The summed E-state index contributed by atoms with van der Waals surface area (Å²) in [6.45, 7) is 4.30. The Morgan fingerprint density at radius 3 is 2.67 bits per heavy atom. The molecule has 2 nitrogen and oxygen atoms in total. The standard InChI is InChI=1S/C19H16N2/c1-12-7-9-15-16(11-20-19(15)13(12)2)18-10-8-14-5-3-4-6-17(14)21-18/h3-11,20H,1-2H3. The van der Waals surface area contributed by atoms with Gasteiger partial charge in [-0.15, -0.1) is 0 Å². The van der Waals surface area contributed by atoms with Crippen molar-refractivity contribution in [2.45, 2.75) is 13.8 Å². The first-order valence-electron chi connectivity index (χ1n) is 7.17. The van der Waals surface area contributed by atoms with Gasteiger partial charge in [0.15, 0.2) is 0 Å². The van der Waals surface area contributed by atoms with Crippen molar-refractivity contribution >= 4 is 21.8 Å². The predicted octanol–water partition coefficient (Wildman–Crippen LogP) is 5.00. The molecule has 0 saturated carbocycles. The van der Waals surface area contributed by atoms with Gasteiger partial charge in [0.1, 0.15) is 0 Å². The van der Waals surface area contributed by atoms with Gasteiger partial charge in [-0.2, -0.15) is 0 Å². The van der Waals surface area contributed by atoms with Crippen LogP contribution in [0.1, 0.15) is 11.1 Å². The normalized spacial score (nSPS) is 11.3. The number of aromatic nitrogens is 2. The molecule has 0 spiro atoms. The van der Waals surface area contributed by atoms with Crippen molar-refractivity contribution in [2.75, 3.05) is 0 Å². The number of nitrogens with one attached hydrogen (secondary N) is 1. The maximum absolute atomic E-state index is 4.80. The number of aryl methyl sites for hydroxylation is 2. The summed E-state index contributed by atoms with van der Waals surface area (Å²) in [4.78, 5) is 8.20. The van der Waals surface area contributed by atoms with E-state index < -0.39 is 0 Å². The Balaban J connectivity index is 1.98. The van der Waals surface area contributed by atoms with Crippen molar-refractivity contribution in [3.8, 4) is 11.3 Å². The molecule has 0 saturated heterocycles. The number of pyridine rings is 1. The molecule has 2 heteroatoms. The van der Waals surface area contributed by atoms with E-state index in [1.807, 2.05) is 12.1 Å². The average molecular weight is 272 g/mol. The number of aromatic amines is 1. The third-order valence-corrected chi connectivity index (χ3v) is 4.26. The molecule has 2 heterocycles. The van der Waals surface area contributed by atoms with Gasteiger partial charge >= 0.3 is 0 Å². The largest absolute Gasteiger partial charge is 0.360 e. The minimum Gasteiger partial charge on any atom is -0.360 e. The number of fused-ring (bicyclic) bond motifs is 2. The molecule has 0 aliphatic rings. The van der Waals surface area contributed by atoms with Crippen LogP contribution in [0.25, 0.3) is 33.1 Å². The number of H-pyrrole nitrogens is 1. The first-order chi connectivity index (χ1) is 10.2. The molecule has 0 fully saturated rings. The zero-order valence-corrected chi connectivity index (χ0v) is 12.1. The van der Waals surface area contributed by atoms with Gasteiger partial charge in [-0.1, -0.05) is 36.4 Å². The van der Waals surface area contributed by atoms with Gasteiger partial charge in [-0.25, -0.2) is 4.98 Å². The summed E-state index contributed by atoms with van der Waals surface area (Å²) in [7, 11) is 0. The second-order valence-electron chi connectivity index (χ2n) is 5.52. The van der Waals surface area contributed by atoms with E-state index in [0.29, 0.717) is 0 Å². The lowest BCUT2D eigenvalue weighted by molar-refractivity contribution is 1.34. The summed E-state index contributed by atoms with van der Waals surface area (Å²) in [5.74, 6) is 0. The van der Waals surface area contributed by atoms with Crippen LogP contribution in [0.15, 0.2) is 54.7 Å². The highest BCUT2D eigenvalue weighted by Crippen LogP contribution is 2.31. The molecule has 4 rings (SSSR count). The minimum atomic E-state index is 1.02. The maximum Gasteiger partial charge on any atom is 0.0731 e. The summed E-state index contributed by atoms with van der Waals surface area (Å²) in [6, 6.07) is 16.8. The molecule has 0 aliphatic heterocycles. The Labute approximate surface area is 123 Å². The van der Waals surface area contributed by atoms with Crippen molar-refractivity contribution in [2.24, 2.45) is 0 Å². The fourth-order valence-corrected chi connectivity index (χ4v) is 2.88. The molecule has 102 valence electrons. The number of para-hydroxylation sites is 1. The van der Waals surface area contributed by atoms with E-state index in [9.17, 15) is 0 Å². The van der Waals surface area contributed by atoms with E-state index in [2.05, 4.69) is 61.4 Å². The average Bonchev–Trinajstić information content (AvgIpc) is 2.95. The fraction of sp³-hybridized carbons (Fsp3) is 0.105. The Morgan fingerprint density at radius 1 is 0.905 bits per heavy atom.